The molecule has 0 radical (unpaired) electrons. The van der Waals surface area contributed by atoms with Crippen molar-refractivity contribution in [3.05, 3.63) is 59.2 Å². The molecule has 0 aliphatic carbocycles. The fourth-order valence-electron chi connectivity index (χ4n) is 2.50. The van der Waals surface area contributed by atoms with E-state index in [0.29, 0.717) is 36.1 Å². The fourth-order valence-corrected chi connectivity index (χ4v) is 2.50. The number of carbonyl (C=O) groups excluding carboxylic acids is 1. The number of carboxylic acids is 1. The van der Waals surface area contributed by atoms with Gasteiger partial charge in [0.25, 0.3) is 0 Å². The molecule has 5 nitrogen and oxygen atoms in total. The lowest BCUT2D eigenvalue weighted by Crippen LogP contribution is -2.25. The second-order valence-electron chi connectivity index (χ2n) is 7.25. The molecular weight excluding hydrogens is 332 g/mol. The van der Waals surface area contributed by atoms with Crippen molar-refractivity contribution < 1.29 is 24.5 Å². The number of phenolic OH excluding ortho intramolecular Hbond substituents is 1. The lowest BCUT2D eigenvalue weighted by atomic mass is 9.97. The van der Waals surface area contributed by atoms with Gasteiger partial charge in [0.1, 0.15) is 11.5 Å². The summed E-state index contributed by atoms with van der Waals surface area (Å²) in [6.45, 7) is 5.32. The van der Waals surface area contributed by atoms with Crippen molar-refractivity contribution in [3.8, 4) is 11.5 Å². The van der Waals surface area contributed by atoms with Crippen LogP contribution in [0.25, 0.3) is 0 Å². The number of benzene rings is 2. The van der Waals surface area contributed by atoms with Crippen LogP contribution in [0.5, 0.6) is 11.5 Å². The Bertz CT molecular complexity index is 802. The second kappa shape index (κ2) is 8.04. The van der Waals surface area contributed by atoms with Gasteiger partial charge in [0, 0.05) is 0 Å². The number of esters is 1. The molecule has 5 heteroatoms. The smallest absolute Gasteiger partial charge is 0.335 e. The van der Waals surface area contributed by atoms with Crippen molar-refractivity contribution in [2.75, 3.05) is 0 Å². The Morgan fingerprint density at radius 3 is 2.31 bits per heavy atom. The minimum Gasteiger partial charge on any atom is -0.508 e. The topological polar surface area (TPSA) is 83.8 Å². The van der Waals surface area contributed by atoms with Crippen LogP contribution in [0.2, 0.25) is 0 Å². The summed E-state index contributed by atoms with van der Waals surface area (Å²) in [4.78, 5) is 23.2. The first-order chi connectivity index (χ1) is 12.2. The maximum absolute atomic E-state index is 12.0. The Hall–Kier alpha value is -2.82. The van der Waals surface area contributed by atoms with Gasteiger partial charge in [-0.3, -0.25) is 4.79 Å². The van der Waals surface area contributed by atoms with Gasteiger partial charge in [-0.15, -0.1) is 0 Å². The van der Waals surface area contributed by atoms with Gasteiger partial charge in [-0.25, -0.2) is 4.79 Å². The summed E-state index contributed by atoms with van der Waals surface area (Å²) in [5.74, 6) is -0.764. The van der Waals surface area contributed by atoms with Crippen LogP contribution in [0.15, 0.2) is 42.5 Å². The van der Waals surface area contributed by atoms with E-state index in [1.165, 1.54) is 6.07 Å². The number of aromatic carboxylic acids is 1. The van der Waals surface area contributed by atoms with E-state index >= 15 is 0 Å². The fraction of sp³-hybridized carbons (Fsp3) is 0.333. The average molecular weight is 356 g/mol. The van der Waals surface area contributed by atoms with Crippen molar-refractivity contribution in [1.82, 2.24) is 0 Å². The van der Waals surface area contributed by atoms with Crippen LogP contribution in [0, 0.1) is 5.41 Å². The Morgan fingerprint density at radius 1 is 1.00 bits per heavy atom. The molecule has 0 heterocycles. The first kappa shape index (κ1) is 19.5. The average Bonchev–Trinajstić information content (AvgIpc) is 2.57. The number of hydrogen-bond donors (Lipinski definition) is 2. The molecule has 2 N–H and O–H groups in total. The van der Waals surface area contributed by atoms with Crippen molar-refractivity contribution in [1.29, 1.82) is 0 Å². The van der Waals surface area contributed by atoms with E-state index in [1.807, 2.05) is 6.07 Å². The van der Waals surface area contributed by atoms with E-state index in [1.54, 1.807) is 51.1 Å². The molecule has 26 heavy (non-hydrogen) atoms. The maximum atomic E-state index is 12.0. The molecule has 0 atom stereocenters. The predicted octanol–water partition coefficient (Wildman–Crippen LogP) is 4.22. The number of aromatic hydroxyl groups is 1. The van der Waals surface area contributed by atoms with Gasteiger partial charge in [0.05, 0.1) is 11.0 Å². The highest BCUT2D eigenvalue weighted by Crippen LogP contribution is 2.27. The zero-order valence-electron chi connectivity index (χ0n) is 15.3. The summed E-state index contributed by atoms with van der Waals surface area (Å²) in [5, 5.41) is 19.3. The van der Waals surface area contributed by atoms with Crippen molar-refractivity contribution in [2.45, 2.75) is 40.0 Å². The van der Waals surface area contributed by atoms with Crippen LogP contribution in [-0.4, -0.2) is 22.2 Å². The molecule has 2 rings (SSSR count). The molecule has 0 fully saturated rings. The molecule has 138 valence electrons. The number of carboxylic acid groups (broad SMARTS) is 1. The molecule has 0 aromatic heterocycles. The number of rotatable bonds is 6. The number of aryl methyl sites for hydroxylation is 2. The van der Waals surface area contributed by atoms with Gasteiger partial charge in [-0.05, 0) is 75.4 Å². The number of carbonyl (C=O) groups is 2. The van der Waals surface area contributed by atoms with Gasteiger partial charge < -0.3 is 14.9 Å². The van der Waals surface area contributed by atoms with Gasteiger partial charge in [-0.1, -0.05) is 18.2 Å². The Kier molecular flexibility index (Phi) is 6.03. The van der Waals surface area contributed by atoms with E-state index in [4.69, 9.17) is 4.74 Å². The molecular formula is C21H24O5. The Labute approximate surface area is 153 Å². The number of hydrogen-bond acceptors (Lipinski definition) is 4. The summed E-state index contributed by atoms with van der Waals surface area (Å²) in [5.41, 5.74) is 1.11. The van der Waals surface area contributed by atoms with Crippen LogP contribution in [0.1, 0.15) is 48.7 Å². The second-order valence-corrected chi connectivity index (χ2v) is 7.25. The van der Waals surface area contributed by atoms with Crippen LogP contribution in [-0.2, 0) is 17.6 Å². The third-order valence-corrected chi connectivity index (χ3v) is 4.01. The van der Waals surface area contributed by atoms with Crippen LogP contribution in [0.3, 0.4) is 0 Å². The maximum Gasteiger partial charge on any atom is 0.335 e. The largest absolute Gasteiger partial charge is 0.508 e. The monoisotopic (exact) mass is 356 g/mol. The lowest BCUT2D eigenvalue weighted by Gasteiger charge is -2.17. The van der Waals surface area contributed by atoms with Gasteiger partial charge in [0.2, 0.25) is 0 Å². The highest BCUT2D eigenvalue weighted by Gasteiger charge is 2.24. The van der Waals surface area contributed by atoms with E-state index in [0.717, 1.165) is 5.56 Å². The molecule has 0 bridgehead atoms. The molecule has 0 amide bonds. The van der Waals surface area contributed by atoms with E-state index in [-0.39, 0.29) is 11.7 Å². The minimum atomic E-state index is -0.945. The van der Waals surface area contributed by atoms with E-state index in [2.05, 4.69) is 0 Å². The van der Waals surface area contributed by atoms with Crippen molar-refractivity contribution in [3.63, 3.8) is 0 Å². The van der Waals surface area contributed by atoms with Crippen LogP contribution >= 0.6 is 0 Å². The zero-order valence-corrected chi connectivity index (χ0v) is 15.3. The quantitative estimate of drug-likeness (QED) is 0.598. The first-order valence-electron chi connectivity index (χ1n) is 8.54. The molecule has 0 spiro atoms. The lowest BCUT2D eigenvalue weighted by molar-refractivity contribution is -0.143. The Morgan fingerprint density at radius 2 is 1.65 bits per heavy atom. The van der Waals surface area contributed by atoms with Gasteiger partial charge >= 0.3 is 11.9 Å². The third kappa shape index (κ3) is 5.09. The summed E-state index contributed by atoms with van der Waals surface area (Å²) in [6.07, 6.45) is 1.78. The molecule has 2 aromatic carbocycles. The van der Waals surface area contributed by atoms with E-state index < -0.39 is 11.4 Å². The van der Waals surface area contributed by atoms with Crippen LogP contribution < -0.4 is 4.74 Å². The molecule has 0 aliphatic heterocycles. The SMILES string of the molecule is CC(C)(C)C(=O)Oc1ccc(O)c(CCCc2ccccc2C(=O)O)c1. The predicted molar refractivity (Wildman–Crippen MR) is 98.6 cm³/mol. The summed E-state index contributed by atoms with van der Waals surface area (Å²) in [7, 11) is 0. The standard InChI is InChI=1S/C21H24O5/c1-21(2,3)20(25)26-16-11-12-18(22)15(13-16)9-6-8-14-7-4-5-10-17(14)19(23)24/h4-5,7,10-13,22H,6,8-9H2,1-3H3,(H,23,24). The van der Waals surface area contributed by atoms with Crippen molar-refractivity contribution >= 4 is 11.9 Å². The van der Waals surface area contributed by atoms with Crippen molar-refractivity contribution in [2.24, 2.45) is 5.41 Å². The summed E-state index contributed by atoms with van der Waals surface area (Å²) < 4.78 is 5.36. The minimum absolute atomic E-state index is 0.132. The molecule has 0 unspecified atom stereocenters. The first-order valence-corrected chi connectivity index (χ1v) is 8.54. The zero-order chi connectivity index (χ0) is 19.3. The summed E-state index contributed by atoms with van der Waals surface area (Å²) >= 11 is 0. The van der Waals surface area contributed by atoms with Crippen LogP contribution in [0.4, 0.5) is 0 Å². The molecule has 2 aromatic rings. The van der Waals surface area contributed by atoms with Gasteiger partial charge in [0.15, 0.2) is 0 Å². The third-order valence-electron chi connectivity index (χ3n) is 4.01. The molecule has 0 saturated carbocycles. The highest BCUT2D eigenvalue weighted by molar-refractivity contribution is 5.89. The van der Waals surface area contributed by atoms with Gasteiger partial charge in [-0.2, -0.15) is 0 Å². The van der Waals surface area contributed by atoms with E-state index in [9.17, 15) is 19.8 Å². The molecule has 0 aliphatic rings. The highest BCUT2D eigenvalue weighted by atomic mass is 16.5. The Balaban J connectivity index is 2.05. The number of phenols is 1. The molecule has 0 saturated heterocycles. The normalized spacial score (nSPS) is 11.2. The number of ether oxygens (including phenoxy) is 1. The summed E-state index contributed by atoms with van der Waals surface area (Å²) in [6, 6.07) is 11.6.